The van der Waals surface area contributed by atoms with Gasteiger partial charge < -0.3 is 40.5 Å². The number of hydrogen-bond donors (Lipinski definition) is 0. The summed E-state index contributed by atoms with van der Waals surface area (Å²) in [5, 5.41) is 18.8. The molecular formula is C19H8F6IrN6-4. The van der Waals surface area contributed by atoms with E-state index in [0.29, 0.717) is 0 Å². The Balaban J connectivity index is 0. The van der Waals surface area contributed by atoms with E-state index in [1.165, 1.54) is 12.1 Å². The summed E-state index contributed by atoms with van der Waals surface area (Å²) in [6.07, 6.45) is -7.07. The third-order valence-electron chi connectivity index (χ3n) is 3.34. The Bertz CT molecular complexity index is 950. The van der Waals surface area contributed by atoms with Crippen LogP contribution in [-0.2, 0) is 32.5 Å². The number of rotatable bonds is 2. The fourth-order valence-corrected chi connectivity index (χ4v) is 2.14. The molecule has 0 saturated heterocycles. The first-order chi connectivity index (χ1) is 14.6. The second-order valence-electron chi connectivity index (χ2n) is 5.07. The van der Waals surface area contributed by atoms with Crippen molar-refractivity contribution in [3.05, 3.63) is 79.6 Å². The molecular weight excluding hydrogens is 618 g/mol. The van der Waals surface area contributed by atoms with Crippen LogP contribution in [0.5, 0.6) is 0 Å². The Morgan fingerprint density at radius 1 is 0.625 bits per heavy atom. The minimum atomic E-state index is -4.53. The van der Waals surface area contributed by atoms with Gasteiger partial charge in [-0.25, -0.2) is 0 Å². The number of halogens is 6. The van der Waals surface area contributed by atoms with Crippen molar-refractivity contribution in [1.82, 2.24) is 15.0 Å². The molecule has 0 saturated carbocycles. The predicted octanol–water partition coefficient (Wildman–Crippen LogP) is 5.09. The summed E-state index contributed by atoms with van der Waals surface area (Å²) >= 11 is 0. The van der Waals surface area contributed by atoms with Crippen LogP contribution in [0, 0.1) is 35.5 Å². The first kappa shape index (κ1) is 30.5. The normalized spacial score (nSPS) is 9.88. The van der Waals surface area contributed by atoms with Gasteiger partial charge in [0.05, 0.1) is 11.1 Å². The Labute approximate surface area is 192 Å². The van der Waals surface area contributed by atoms with Gasteiger partial charge in [0.1, 0.15) is 0 Å². The molecule has 0 atom stereocenters. The van der Waals surface area contributed by atoms with Gasteiger partial charge in [-0.2, -0.15) is 26.3 Å². The molecule has 1 radical (unpaired) electrons. The van der Waals surface area contributed by atoms with Gasteiger partial charge in [-0.15, -0.1) is 11.4 Å². The van der Waals surface area contributed by atoms with E-state index in [-0.39, 0.29) is 42.9 Å². The van der Waals surface area contributed by atoms with E-state index in [4.69, 9.17) is 35.5 Å². The molecule has 0 spiro atoms. The molecule has 3 rings (SSSR count). The third kappa shape index (κ3) is 8.19. The number of aromatic nitrogens is 3. The summed E-state index contributed by atoms with van der Waals surface area (Å²) in [5.41, 5.74) is -1.62. The van der Waals surface area contributed by atoms with Gasteiger partial charge in [-0.3, -0.25) is 9.97 Å². The zero-order valence-electron chi connectivity index (χ0n) is 15.4. The van der Waals surface area contributed by atoms with Crippen LogP contribution in [0.3, 0.4) is 0 Å². The van der Waals surface area contributed by atoms with Crippen LogP contribution in [-0.4, -0.2) is 9.97 Å². The minimum absolute atomic E-state index is 0. The predicted molar refractivity (Wildman–Crippen MR) is 91.1 cm³/mol. The van der Waals surface area contributed by atoms with Gasteiger partial charge in [0, 0.05) is 43.9 Å². The maximum atomic E-state index is 12.7. The van der Waals surface area contributed by atoms with E-state index in [2.05, 4.69) is 15.0 Å². The quantitative estimate of drug-likeness (QED) is 0.290. The van der Waals surface area contributed by atoms with E-state index in [9.17, 15) is 26.3 Å². The molecule has 0 bridgehead atoms. The first-order valence-corrected chi connectivity index (χ1v) is 7.52. The molecule has 0 N–H and O–H groups in total. The summed E-state index contributed by atoms with van der Waals surface area (Å²) in [5.74, 6) is 0. The average molecular weight is 627 g/mol. The molecule has 0 aromatic carbocycles. The maximum Gasteiger partial charge on any atom is 0.416 e. The average Bonchev–Trinajstić information content (AvgIpc) is 3.27. The van der Waals surface area contributed by atoms with Crippen molar-refractivity contribution in [2.45, 2.75) is 12.4 Å². The number of alkyl halides is 6. The van der Waals surface area contributed by atoms with E-state index in [1.807, 2.05) is 0 Å². The molecule has 0 aliphatic rings. The van der Waals surface area contributed by atoms with Gasteiger partial charge in [-0.05, 0) is 24.3 Å². The zero-order chi connectivity index (χ0) is 24.2. The molecule has 3 heterocycles. The van der Waals surface area contributed by atoms with Gasteiger partial charge in [0.25, 0.3) is 0 Å². The first-order valence-electron chi connectivity index (χ1n) is 7.52. The van der Waals surface area contributed by atoms with Crippen molar-refractivity contribution in [1.29, 1.82) is 15.8 Å². The molecule has 6 nitrogen and oxygen atoms in total. The molecule has 3 aromatic rings. The van der Waals surface area contributed by atoms with Crippen molar-refractivity contribution in [2.75, 3.05) is 0 Å². The van der Waals surface area contributed by atoms with Crippen LogP contribution >= 0.6 is 0 Å². The molecule has 0 unspecified atom stereocenters. The van der Waals surface area contributed by atoms with E-state index in [1.54, 1.807) is 0 Å². The number of nitrogens with zero attached hydrogens (tertiary/aromatic N) is 6. The van der Waals surface area contributed by atoms with Crippen LogP contribution in [0.15, 0.2) is 48.8 Å². The second-order valence-corrected chi connectivity index (χ2v) is 5.07. The largest absolute Gasteiger partial charge is 0.654 e. The molecule has 3 aromatic heterocycles. The minimum Gasteiger partial charge on any atom is -0.654 e. The van der Waals surface area contributed by atoms with E-state index in [0.717, 1.165) is 36.7 Å². The Hall–Kier alpha value is -3.72. The van der Waals surface area contributed by atoms with Gasteiger partial charge in [0.2, 0.25) is 0 Å². The summed E-state index contributed by atoms with van der Waals surface area (Å²) in [4.78, 5) is 11.7. The van der Waals surface area contributed by atoms with Crippen LogP contribution in [0.25, 0.3) is 22.8 Å². The summed E-state index contributed by atoms with van der Waals surface area (Å²) < 4.78 is 76.5. The van der Waals surface area contributed by atoms with Gasteiger partial charge >= 0.3 is 12.4 Å². The smallest absolute Gasteiger partial charge is 0.416 e. The summed E-state index contributed by atoms with van der Waals surface area (Å²) in [6.45, 7) is 14.2. The SMILES string of the molecule is FC(F)(F)c1ccnc(-c2ccc(-c3cc(C(F)(F)F)ccn3)[n-]2)c1.[C-]#N.[C-]#N.[C-]#N.[Ir]. The fraction of sp³-hybridized carbons (Fsp3) is 0.105. The van der Waals surface area contributed by atoms with Crippen LogP contribution < -0.4 is 4.98 Å². The Morgan fingerprint density at radius 2 is 0.938 bits per heavy atom. The Morgan fingerprint density at radius 3 is 1.22 bits per heavy atom. The molecule has 0 amide bonds. The van der Waals surface area contributed by atoms with Crippen molar-refractivity contribution >= 4 is 0 Å². The van der Waals surface area contributed by atoms with Crippen LogP contribution in [0.4, 0.5) is 26.3 Å². The van der Waals surface area contributed by atoms with Crippen LogP contribution in [0.2, 0.25) is 0 Å². The number of hydrogen-bond acceptors (Lipinski definition) is 5. The second kappa shape index (κ2) is 13.6. The molecule has 32 heavy (non-hydrogen) atoms. The molecule has 0 fully saturated rings. The standard InChI is InChI=1S/C16H8F6N3.3CN.Ir/c17-15(18,19)9-3-5-23-13(7-9)11-1-2-12(25-11)14-8-10(4-6-24-14)16(20,21)22;3*1-2;/h1-8H;;;;/q4*-1;. The zero-order valence-corrected chi connectivity index (χ0v) is 17.8. The Kier molecular flexibility index (Phi) is 12.9. The number of pyridine rings is 2. The van der Waals surface area contributed by atoms with Crippen molar-refractivity contribution in [3.63, 3.8) is 0 Å². The monoisotopic (exact) mass is 627 g/mol. The summed E-state index contributed by atoms with van der Waals surface area (Å²) in [6, 6.07) is 6.04. The maximum absolute atomic E-state index is 12.7. The molecule has 13 heteroatoms. The van der Waals surface area contributed by atoms with Crippen molar-refractivity contribution in [2.24, 2.45) is 0 Å². The molecule has 0 aliphatic heterocycles. The van der Waals surface area contributed by atoms with Crippen LogP contribution in [0.1, 0.15) is 11.1 Å². The van der Waals surface area contributed by atoms with Gasteiger partial charge in [0.15, 0.2) is 0 Å². The van der Waals surface area contributed by atoms with Crippen molar-refractivity contribution < 1.29 is 46.4 Å². The third-order valence-corrected chi connectivity index (χ3v) is 3.34. The fourth-order valence-electron chi connectivity index (χ4n) is 2.14. The topological polar surface area (TPSA) is 111 Å². The van der Waals surface area contributed by atoms with Crippen molar-refractivity contribution in [3.8, 4) is 22.8 Å². The van der Waals surface area contributed by atoms with Gasteiger partial charge in [-0.1, -0.05) is 12.1 Å². The molecule has 0 aliphatic carbocycles. The summed E-state index contributed by atoms with van der Waals surface area (Å²) in [7, 11) is 0. The molecule has 169 valence electrons. The van der Waals surface area contributed by atoms with E-state index < -0.39 is 23.5 Å². The van der Waals surface area contributed by atoms with E-state index >= 15 is 0 Å².